The number of amides is 2. The Kier molecular flexibility index (Phi) is 3.36. The largest absolute Gasteiger partial charge is 0.335 e. The summed E-state index contributed by atoms with van der Waals surface area (Å²) in [6.07, 6.45) is 0. The van der Waals surface area contributed by atoms with Crippen LogP contribution in [-0.4, -0.2) is 36.9 Å². The molecule has 2 amide bonds. The molecule has 1 aliphatic rings. The van der Waals surface area contributed by atoms with Crippen molar-refractivity contribution in [3.05, 3.63) is 29.8 Å². The summed E-state index contributed by atoms with van der Waals surface area (Å²) in [4.78, 5) is 26.5. The quantitative estimate of drug-likeness (QED) is 0.795. The number of hydrogen-bond donors (Lipinski definition) is 0. The number of nitrogens with zero attached hydrogens (tertiary/aromatic N) is 2. The Bertz CT molecular complexity index is 465. The zero-order chi connectivity index (χ0) is 13.3. The van der Waals surface area contributed by atoms with Crippen molar-refractivity contribution in [2.45, 2.75) is 19.8 Å². The van der Waals surface area contributed by atoms with Crippen molar-refractivity contribution in [2.75, 3.05) is 25.0 Å². The molecule has 96 valence electrons. The third kappa shape index (κ3) is 2.37. The van der Waals surface area contributed by atoms with Gasteiger partial charge in [0, 0.05) is 12.7 Å². The van der Waals surface area contributed by atoms with E-state index in [1.807, 2.05) is 24.3 Å². The van der Waals surface area contributed by atoms with E-state index in [2.05, 4.69) is 13.8 Å². The van der Waals surface area contributed by atoms with Gasteiger partial charge in [-0.2, -0.15) is 0 Å². The molecule has 0 bridgehead atoms. The van der Waals surface area contributed by atoms with E-state index in [9.17, 15) is 9.59 Å². The van der Waals surface area contributed by atoms with E-state index in [1.165, 1.54) is 10.5 Å². The molecule has 0 aromatic heterocycles. The third-order valence-corrected chi connectivity index (χ3v) is 3.26. The summed E-state index contributed by atoms with van der Waals surface area (Å²) in [5.74, 6) is 0.404. The minimum Gasteiger partial charge on any atom is -0.335 e. The summed E-state index contributed by atoms with van der Waals surface area (Å²) in [5, 5.41) is 0. The second-order valence-corrected chi connectivity index (χ2v) is 4.98. The van der Waals surface area contributed by atoms with Gasteiger partial charge in [-0.05, 0) is 23.6 Å². The van der Waals surface area contributed by atoms with Gasteiger partial charge in [0.2, 0.25) is 11.8 Å². The Labute approximate surface area is 107 Å². The highest BCUT2D eigenvalue weighted by Gasteiger charge is 2.28. The van der Waals surface area contributed by atoms with Crippen molar-refractivity contribution in [3.63, 3.8) is 0 Å². The molecule has 2 rings (SSSR count). The molecule has 0 spiro atoms. The predicted molar refractivity (Wildman–Crippen MR) is 70.5 cm³/mol. The Morgan fingerprint density at radius 2 is 1.61 bits per heavy atom. The third-order valence-electron chi connectivity index (χ3n) is 3.26. The van der Waals surface area contributed by atoms with Gasteiger partial charge in [-0.15, -0.1) is 0 Å². The molecule has 0 atom stereocenters. The second kappa shape index (κ2) is 4.80. The number of hydrogen-bond acceptors (Lipinski definition) is 2. The molecule has 1 heterocycles. The monoisotopic (exact) mass is 246 g/mol. The molecular formula is C14H18N2O2. The van der Waals surface area contributed by atoms with Crippen molar-refractivity contribution in [2.24, 2.45) is 0 Å². The van der Waals surface area contributed by atoms with Crippen molar-refractivity contribution in [1.29, 1.82) is 0 Å². The van der Waals surface area contributed by atoms with E-state index in [0.29, 0.717) is 5.92 Å². The molecule has 0 saturated carbocycles. The summed E-state index contributed by atoms with van der Waals surface area (Å²) in [6.45, 7) is 4.54. The molecule has 4 heteroatoms. The SMILES string of the molecule is CC(C)c1ccc(N2CC(=O)N(C)CC2=O)cc1. The molecular weight excluding hydrogens is 228 g/mol. The molecule has 0 N–H and O–H groups in total. The number of likely N-dealkylation sites (N-methyl/N-ethyl adjacent to an activating group) is 1. The Morgan fingerprint density at radius 3 is 2.17 bits per heavy atom. The molecule has 1 saturated heterocycles. The molecule has 0 radical (unpaired) electrons. The van der Waals surface area contributed by atoms with Crippen molar-refractivity contribution >= 4 is 17.5 Å². The van der Waals surface area contributed by atoms with Crippen molar-refractivity contribution in [3.8, 4) is 0 Å². The van der Waals surface area contributed by atoms with E-state index in [-0.39, 0.29) is 24.9 Å². The second-order valence-electron chi connectivity index (χ2n) is 4.98. The summed E-state index contributed by atoms with van der Waals surface area (Å²) >= 11 is 0. The lowest BCUT2D eigenvalue weighted by atomic mass is 10.0. The Morgan fingerprint density at radius 1 is 1.00 bits per heavy atom. The van der Waals surface area contributed by atoms with Gasteiger partial charge < -0.3 is 9.80 Å². The first-order valence-electron chi connectivity index (χ1n) is 6.13. The summed E-state index contributed by atoms with van der Waals surface area (Å²) in [7, 11) is 1.65. The van der Waals surface area contributed by atoms with Gasteiger partial charge in [0.15, 0.2) is 0 Å². The normalized spacial score (nSPS) is 16.7. The number of piperazine rings is 1. The zero-order valence-corrected chi connectivity index (χ0v) is 11.0. The van der Waals surface area contributed by atoms with Crippen LogP contribution in [0.15, 0.2) is 24.3 Å². The van der Waals surface area contributed by atoms with E-state index in [0.717, 1.165) is 5.69 Å². The number of anilines is 1. The topological polar surface area (TPSA) is 40.6 Å². The average molecular weight is 246 g/mol. The van der Waals surface area contributed by atoms with Crippen molar-refractivity contribution in [1.82, 2.24) is 4.90 Å². The van der Waals surface area contributed by atoms with Crippen LogP contribution in [0.2, 0.25) is 0 Å². The molecule has 1 fully saturated rings. The first-order valence-corrected chi connectivity index (χ1v) is 6.13. The fraction of sp³-hybridized carbons (Fsp3) is 0.429. The number of carbonyl (C=O) groups excluding carboxylic acids is 2. The van der Waals surface area contributed by atoms with Crippen LogP contribution in [0.1, 0.15) is 25.3 Å². The molecule has 1 aliphatic heterocycles. The van der Waals surface area contributed by atoms with Crippen LogP contribution in [0.25, 0.3) is 0 Å². The average Bonchev–Trinajstić information content (AvgIpc) is 2.34. The van der Waals surface area contributed by atoms with Gasteiger partial charge in [0.1, 0.15) is 6.54 Å². The predicted octanol–water partition coefficient (Wildman–Crippen LogP) is 1.62. The summed E-state index contributed by atoms with van der Waals surface area (Å²) in [6, 6.07) is 7.84. The van der Waals surface area contributed by atoms with Gasteiger partial charge in [-0.3, -0.25) is 9.59 Å². The smallest absolute Gasteiger partial charge is 0.247 e. The Balaban J connectivity index is 2.21. The van der Waals surface area contributed by atoms with Gasteiger partial charge in [0.25, 0.3) is 0 Å². The van der Waals surface area contributed by atoms with Crippen LogP contribution < -0.4 is 4.90 Å². The molecule has 18 heavy (non-hydrogen) atoms. The van der Waals surface area contributed by atoms with Crippen LogP contribution in [-0.2, 0) is 9.59 Å². The van der Waals surface area contributed by atoms with E-state index < -0.39 is 0 Å². The van der Waals surface area contributed by atoms with E-state index >= 15 is 0 Å². The molecule has 1 aromatic carbocycles. The lowest BCUT2D eigenvalue weighted by molar-refractivity contribution is -0.136. The van der Waals surface area contributed by atoms with Crippen LogP contribution in [0.4, 0.5) is 5.69 Å². The number of carbonyl (C=O) groups is 2. The maximum Gasteiger partial charge on any atom is 0.247 e. The first-order chi connectivity index (χ1) is 8.49. The maximum absolute atomic E-state index is 11.9. The number of rotatable bonds is 2. The molecule has 0 unspecified atom stereocenters. The van der Waals surface area contributed by atoms with Gasteiger partial charge in [0.05, 0.1) is 6.54 Å². The highest BCUT2D eigenvalue weighted by molar-refractivity contribution is 6.04. The molecule has 4 nitrogen and oxygen atoms in total. The fourth-order valence-corrected chi connectivity index (χ4v) is 2.00. The standard InChI is InChI=1S/C14H18N2O2/c1-10(2)11-4-6-12(7-5-11)16-9-13(17)15(3)8-14(16)18/h4-7,10H,8-9H2,1-3H3. The molecule has 1 aromatic rings. The van der Waals surface area contributed by atoms with Crippen LogP contribution >= 0.6 is 0 Å². The highest BCUT2D eigenvalue weighted by Crippen LogP contribution is 2.21. The minimum absolute atomic E-state index is 0.0254. The van der Waals surface area contributed by atoms with Crippen LogP contribution in [0, 0.1) is 0 Å². The summed E-state index contributed by atoms with van der Waals surface area (Å²) < 4.78 is 0. The zero-order valence-electron chi connectivity index (χ0n) is 11.0. The van der Waals surface area contributed by atoms with Crippen LogP contribution in [0.3, 0.4) is 0 Å². The van der Waals surface area contributed by atoms with Crippen molar-refractivity contribution < 1.29 is 9.59 Å². The van der Waals surface area contributed by atoms with E-state index in [1.54, 1.807) is 11.9 Å². The van der Waals surface area contributed by atoms with E-state index in [4.69, 9.17) is 0 Å². The lowest BCUT2D eigenvalue weighted by Gasteiger charge is -2.31. The Hall–Kier alpha value is -1.84. The fourth-order valence-electron chi connectivity index (χ4n) is 2.00. The lowest BCUT2D eigenvalue weighted by Crippen LogP contribution is -2.52. The van der Waals surface area contributed by atoms with Gasteiger partial charge in [-0.1, -0.05) is 26.0 Å². The molecule has 0 aliphatic carbocycles. The minimum atomic E-state index is -0.0330. The highest BCUT2D eigenvalue weighted by atomic mass is 16.2. The number of benzene rings is 1. The van der Waals surface area contributed by atoms with Gasteiger partial charge >= 0.3 is 0 Å². The summed E-state index contributed by atoms with van der Waals surface area (Å²) in [5.41, 5.74) is 2.03. The maximum atomic E-state index is 11.9. The van der Waals surface area contributed by atoms with Crippen LogP contribution in [0.5, 0.6) is 0 Å². The first kappa shape index (κ1) is 12.6. The van der Waals surface area contributed by atoms with Gasteiger partial charge in [-0.25, -0.2) is 0 Å².